The van der Waals surface area contributed by atoms with Crippen molar-refractivity contribution < 1.29 is 27.9 Å². The summed E-state index contributed by atoms with van der Waals surface area (Å²) < 4.78 is 39.2. The maximum absolute atomic E-state index is 13.1. The molecule has 9 heteroatoms. The van der Waals surface area contributed by atoms with Gasteiger partial charge in [0, 0.05) is 5.69 Å². The number of aromatic nitrogens is 1. The van der Waals surface area contributed by atoms with Gasteiger partial charge in [-0.05, 0) is 43.2 Å². The van der Waals surface area contributed by atoms with Crippen molar-refractivity contribution in [2.24, 2.45) is 0 Å². The second-order valence-electron chi connectivity index (χ2n) is 5.22. The molecule has 132 valence electrons. The van der Waals surface area contributed by atoms with Gasteiger partial charge in [-0.15, -0.1) is 0 Å². The number of anilines is 1. The van der Waals surface area contributed by atoms with Crippen molar-refractivity contribution >= 4 is 29.2 Å². The van der Waals surface area contributed by atoms with Crippen LogP contribution in [-0.2, 0) is 6.18 Å². The number of carbonyl (C=O) groups is 2. The maximum atomic E-state index is 13.1. The molecule has 2 aromatic rings. The number of nitrogens with zero attached hydrogens (tertiary/aromatic N) is 1. The van der Waals surface area contributed by atoms with Crippen LogP contribution in [0.4, 0.5) is 18.9 Å². The Morgan fingerprint density at radius 1 is 1.16 bits per heavy atom. The van der Waals surface area contributed by atoms with E-state index in [1.54, 1.807) is 6.92 Å². The number of benzene rings is 1. The van der Waals surface area contributed by atoms with E-state index in [9.17, 15) is 22.8 Å². The zero-order valence-electron chi connectivity index (χ0n) is 13.0. The van der Waals surface area contributed by atoms with Crippen LogP contribution in [0.5, 0.6) is 0 Å². The van der Waals surface area contributed by atoms with Crippen LogP contribution in [0.25, 0.3) is 0 Å². The number of amides is 1. The quantitative estimate of drug-likeness (QED) is 0.786. The molecule has 0 saturated carbocycles. The SMILES string of the molecule is Cc1ccc(C(=O)O)c(C)c1NC(=O)c1nc(Cl)ccc1C(F)(F)F. The number of rotatable bonds is 3. The van der Waals surface area contributed by atoms with Gasteiger partial charge in [0.15, 0.2) is 0 Å². The van der Waals surface area contributed by atoms with Gasteiger partial charge in [-0.3, -0.25) is 4.79 Å². The summed E-state index contributed by atoms with van der Waals surface area (Å²) in [5.74, 6) is -2.35. The van der Waals surface area contributed by atoms with Crippen molar-refractivity contribution in [2.75, 3.05) is 5.32 Å². The van der Waals surface area contributed by atoms with E-state index in [1.807, 2.05) is 0 Å². The lowest BCUT2D eigenvalue weighted by atomic mass is 10.0. The fourth-order valence-corrected chi connectivity index (χ4v) is 2.43. The molecule has 2 rings (SSSR count). The molecule has 0 aliphatic heterocycles. The Balaban J connectivity index is 2.50. The van der Waals surface area contributed by atoms with Crippen LogP contribution < -0.4 is 5.32 Å². The Morgan fingerprint density at radius 3 is 2.36 bits per heavy atom. The van der Waals surface area contributed by atoms with Gasteiger partial charge in [0.05, 0.1) is 11.1 Å². The van der Waals surface area contributed by atoms with Crippen molar-refractivity contribution in [3.8, 4) is 0 Å². The number of nitrogens with one attached hydrogen (secondary N) is 1. The normalized spacial score (nSPS) is 11.3. The first kappa shape index (κ1) is 18.7. The topological polar surface area (TPSA) is 79.3 Å². The molecule has 0 aliphatic rings. The molecule has 1 aromatic heterocycles. The third-order valence-electron chi connectivity index (χ3n) is 3.52. The Hall–Kier alpha value is -2.61. The first-order chi connectivity index (χ1) is 11.5. The number of halogens is 4. The molecule has 1 heterocycles. The second-order valence-corrected chi connectivity index (χ2v) is 5.60. The van der Waals surface area contributed by atoms with Crippen LogP contribution in [0.15, 0.2) is 24.3 Å². The van der Waals surface area contributed by atoms with Gasteiger partial charge in [-0.1, -0.05) is 17.7 Å². The van der Waals surface area contributed by atoms with E-state index in [2.05, 4.69) is 10.3 Å². The Morgan fingerprint density at radius 2 is 1.80 bits per heavy atom. The van der Waals surface area contributed by atoms with Crippen molar-refractivity contribution in [1.82, 2.24) is 4.98 Å². The lowest BCUT2D eigenvalue weighted by Gasteiger charge is -2.16. The summed E-state index contributed by atoms with van der Waals surface area (Å²) in [6.45, 7) is 3.03. The van der Waals surface area contributed by atoms with Crippen molar-refractivity contribution in [3.05, 3.63) is 57.4 Å². The van der Waals surface area contributed by atoms with E-state index < -0.39 is 29.3 Å². The zero-order valence-corrected chi connectivity index (χ0v) is 13.8. The molecule has 0 bridgehead atoms. The molecule has 1 aromatic carbocycles. The average molecular weight is 373 g/mol. The van der Waals surface area contributed by atoms with E-state index in [-0.39, 0.29) is 22.0 Å². The summed E-state index contributed by atoms with van der Waals surface area (Å²) >= 11 is 5.61. The van der Waals surface area contributed by atoms with E-state index in [0.29, 0.717) is 11.6 Å². The van der Waals surface area contributed by atoms with Gasteiger partial charge in [0.2, 0.25) is 0 Å². The molecule has 0 fully saturated rings. The van der Waals surface area contributed by atoms with Crippen LogP contribution in [0, 0.1) is 13.8 Å². The molecule has 0 unspecified atom stereocenters. The van der Waals surface area contributed by atoms with Gasteiger partial charge >= 0.3 is 12.1 Å². The Bertz CT molecular complexity index is 866. The number of aryl methyl sites for hydroxylation is 1. The predicted molar refractivity (Wildman–Crippen MR) is 85.1 cm³/mol. The van der Waals surface area contributed by atoms with E-state index in [4.69, 9.17) is 16.7 Å². The van der Waals surface area contributed by atoms with Crippen molar-refractivity contribution in [3.63, 3.8) is 0 Å². The number of pyridine rings is 1. The number of hydrogen-bond donors (Lipinski definition) is 2. The third-order valence-corrected chi connectivity index (χ3v) is 3.73. The van der Waals surface area contributed by atoms with Crippen molar-refractivity contribution in [1.29, 1.82) is 0 Å². The minimum Gasteiger partial charge on any atom is -0.478 e. The predicted octanol–water partition coefficient (Wildman–Crippen LogP) is 4.32. The summed E-state index contributed by atoms with van der Waals surface area (Å²) in [6, 6.07) is 4.39. The van der Waals surface area contributed by atoms with Crippen LogP contribution in [0.3, 0.4) is 0 Å². The lowest BCUT2D eigenvalue weighted by Crippen LogP contribution is -2.21. The summed E-state index contributed by atoms with van der Waals surface area (Å²) in [7, 11) is 0. The third kappa shape index (κ3) is 3.90. The molecule has 5 nitrogen and oxygen atoms in total. The van der Waals surface area contributed by atoms with Gasteiger partial charge < -0.3 is 10.4 Å². The number of carbonyl (C=O) groups excluding carboxylic acids is 1. The molecular weight excluding hydrogens is 361 g/mol. The van der Waals surface area contributed by atoms with Crippen molar-refractivity contribution in [2.45, 2.75) is 20.0 Å². The molecule has 0 atom stereocenters. The standard InChI is InChI=1S/C16H12ClF3N2O3/c1-7-3-4-9(15(24)25)8(2)12(7)22-14(23)13-10(16(18,19)20)5-6-11(17)21-13/h3-6H,1-2H3,(H,22,23)(H,24,25). The van der Waals surface area contributed by atoms with E-state index in [0.717, 1.165) is 6.07 Å². The van der Waals surface area contributed by atoms with Gasteiger partial charge in [0.25, 0.3) is 5.91 Å². The summed E-state index contributed by atoms with van der Waals surface area (Å²) in [5, 5.41) is 11.2. The largest absolute Gasteiger partial charge is 0.478 e. The molecule has 0 saturated heterocycles. The molecule has 0 aliphatic carbocycles. The molecule has 1 amide bonds. The minimum absolute atomic E-state index is 0.0731. The molecule has 0 spiro atoms. The number of carboxylic acids is 1. The molecule has 25 heavy (non-hydrogen) atoms. The Labute approximate surface area is 145 Å². The maximum Gasteiger partial charge on any atom is 0.418 e. The Kier molecular flexibility index (Phi) is 5.03. The van der Waals surface area contributed by atoms with Gasteiger partial charge in [-0.2, -0.15) is 13.2 Å². The highest BCUT2D eigenvalue weighted by molar-refractivity contribution is 6.29. The van der Waals surface area contributed by atoms with E-state index >= 15 is 0 Å². The van der Waals surface area contributed by atoms with Crippen LogP contribution in [0.2, 0.25) is 5.15 Å². The molecule has 2 N–H and O–H groups in total. The summed E-state index contributed by atoms with van der Waals surface area (Å²) in [4.78, 5) is 27.0. The highest BCUT2D eigenvalue weighted by Crippen LogP contribution is 2.33. The van der Waals surface area contributed by atoms with Crippen LogP contribution in [0.1, 0.15) is 37.5 Å². The van der Waals surface area contributed by atoms with E-state index in [1.165, 1.54) is 19.1 Å². The first-order valence-corrected chi connectivity index (χ1v) is 7.28. The van der Waals surface area contributed by atoms with Crippen LogP contribution in [-0.4, -0.2) is 22.0 Å². The summed E-state index contributed by atoms with van der Waals surface area (Å²) in [5.41, 5.74) is -1.38. The first-order valence-electron chi connectivity index (χ1n) is 6.91. The molecule has 0 radical (unpaired) electrons. The lowest BCUT2D eigenvalue weighted by molar-refractivity contribution is -0.138. The molecular formula is C16H12ClF3N2O3. The smallest absolute Gasteiger partial charge is 0.418 e. The number of alkyl halides is 3. The van der Waals surface area contributed by atoms with Gasteiger partial charge in [-0.25, -0.2) is 9.78 Å². The van der Waals surface area contributed by atoms with Crippen LogP contribution >= 0.6 is 11.6 Å². The number of aromatic carboxylic acids is 1. The second kappa shape index (κ2) is 6.72. The minimum atomic E-state index is -4.79. The summed E-state index contributed by atoms with van der Waals surface area (Å²) in [6.07, 6.45) is -4.79. The number of hydrogen-bond acceptors (Lipinski definition) is 3. The zero-order chi connectivity index (χ0) is 18.9. The fourth-order valence-electron chi connectivity index (χ4n) is 2.28. The van der Waals surface area contributed by atoms with Gasteiger partial charge in [0.1, 0.15) is 10.8 Å². The monoisotopic (exact) mass is 372 g/mol. The average Bonchev–Trinajstić information content (AvgIpc) is 2.49. The highest BCUT2D eigenvalue weighted by atomic mass is 35.5. The fraction of sp³-hybridized carbons (Fsp3) is 0.188. The number of carboxylic acid groups (broad SMARTS) is 1. The highest BCUT2D eigenvalue weighted by Gasteiger charge is 2.36.